The van der Waals surface area contributed by atoms with Crippen molar-refractivity contribution in [1.82, 2.24) is 20.1 Å². The lowest BCUT2D eigenvalue weighted by Gasteiger charge is -2.32. The Morgan fingerprint density at radius 2 is 2.00 bits per heavy atom. The zero-order valence-electron chi connectivity index (χ0n) is 15.0. The van der Waals surface area contributed by atoms with Gasteiger partial charge in [-0.25, -0.2) is 4.98 Å². The van der Waals surface area contributed by atoms with Crippen LogP contribution in [0.3, 0.4) is 0 Å². The van der Waals surface area contributed by atoms with Gasteiger partial charge in [0.15, 0.2) is 0 Å². The summed E-state index contributed by atoms with van der Waals surface area (Å²) >= 11 is 0. The maximum atomic E-state index is 12.3. The number of nitrogens with one attached hydrogen (secondary N) is 1. The van der Waals surface area contributed by atoms with E-state index in [2.05, 4.69) is 27.1 Å². The van der Waals surface area contributed by atoms with E-state index in [1.165, 1.54) is 0 Å². The summed E-state index contributed by atoms with van der Waals surface area (Å²) in [5, 5.41) is 3.94. The van der Waals surface area contributed by atoms with Crippen LogP contribution in [-0.4, -0.2) is 74.1 Å². The van der Waals surface area contributed by atoms with Gasteiger partial charge >= 0.3 is 0 Å². The molecule has 1 saturated heterocycles. The molecule has 0 saturated carbocycles. The van der Waals surface area contributed by atoms with Gasteiger partial charge in [-0.05, 0) is 44.3 Å². The monoisotopic (exact) mass is 342 g/mol. The third-order valence-electron chi connectivity index (χ3n) is 4.66. The number of ether oxygens (including phenoxy) is 1. The number of piperazine rings is 1. The molecule has 0 radical (unpaired) electrons. The van der Waals surface area contributed by atoms with Gasteiger partial charge in [-0.2, -0.15) is 0 Å². The molecule has 2 heterocycles. The van der Waals surface area contributed by atoms with Crippen molar-refractivity contribution in [3.05, 3.63) is 36.0 Å². The highest BCUT2D eigenvalue weighted by Crippen LogP contribution is 2.19. The molecule has 6 heteroatoms. The van der Waals surface area contributed by atoms with E-state index in [1.54, 1.807) is 13.2 Å². The van der Waals surface area contributed by atoms with Gasteiger partial charge in [0.2, 0.25) is 0 Å². The molecule has 1 aromatic heterocycles. The second-order valence-electron chi connectivity index (χ2n) is 6.51. The van der Waals surface area contributed by atoms with Crippen molar-refractivity contribution < 1.29 is 9.53 Å². The molecule has 2 aromatic rings. The Kier molecular flexibility index (Phi) is 5.83. The van der Waals surface area contributed by atoms with Crippen LogP contribution >= 0.6 is 0 Å². The number of hydrogen-bond donors (Lipinski definition) is 1. The van der Waals surface area contributed by atoms with Crippen LogP contribution in [0.4, 0.5) is 0 Å². The molecular formula is C19H26N4O2. The van der Waals surface area contributed by atoms with Gasteiger partial charge in [-0.15, -0.1) is 0 Å². The van der Waals surface area contributed by atoms with Gasteiger partial charge in [0.25, 0.3) is 5.91 Å². The fourth-order valence-electron chi connectivity index (χ4n) is 3.02. The van der Waals surface area contributed by atoms with E-state index >= 15 is 0 Å². The Morgan fingerprint density at radius 3 is 2.76 bits per heavy atom. The molecule has 6 nitrogen and oxygen atoms in total. The molecule has 25 heavy (non-hydrogen) atoms. The number of nitrogens with zero attached hydrogens (tertiary/aromatic N) is 3. The van der Waals surface area contributed by atoms with Crippen LogP contribution in [0.15, 0.2) is 30.3 Å². The van der Waals surface area contributed by atoms with Crippen LogP contribution in [0.5, 0.6) is 5.75 Å². The molecule has 1 amide bonds. The van der Waals surface area contributed by atoms with Crippen molar-refractivity contribution in [2.45, 2.75) is 6.42 Å². The minimum Gasteiger partial charge on any atom is -0.497 e. The van der Waals surface area contributed by atoms with Crippen molar-refractivity contribution in [3.63, 3.8) is 0 Å². The summed E-state index contributed by atoms with van der Waals surface area (Å²) in [4.78, 5) is 21.5. The third kappa shape index (κ3) is 4.67. The lowest BCUT2D eigenvalue weighted by molar-refractivity contribution is 0.0945. The first kappa shape index (κ1) is 17.6. The zero-order chi connectivity index (χ0) is 17.6. The summed E-state index contributed by atoms with van der Waals surface area (Å²) in [5.74, 6) is 0.673. The minimum absolute atomic E-state index is 0.115. The standard InChI is InChI=1S/C19H26N4O2/c1-22-10-12-23(13-11-22)9-3-8-20-19(24)18-6-4-15-14-16(25-2)5-7-17(15)21-18/h4-7,14H,3,8-13H2,1-2H3,(H,20,24). The highest BCUT2D eigenvalue weighted by atomic mass is 16.5. The molecule has 1 N–H and O–H groups in total. The summed E-state index contributed by atoms with van der Waals surface area (Å²) < 4.78 is 5.21. The molecular weight excluding hydrogens is 316 g/mol. The number of rotatable bonds is 6. The van der Waals surface area contributed by atoms with Crippen molar-refractivity contribution in [2.24, 2.45) is 0 Å². The van der Waals surface area contributed by atoms with E-state index in [9.17, 15) is 4.79 Å². The van der Waals surface area contributed by atoms with E-state index < -0.39 is 0 Å². The molecule has 3 rings (SSSR count). The molecule has 0 bridgehead atoms. The number of benzene rings is 1. The van der Waals surface area contributed by atoms with Gasteiger partial charge < -0.3 is 19.9 Å². The summed E-state index contributed by atoms with van der Waals surface area (Å²) in [6.45, 7) is 6.17. The predicted molar refractivity (Wildman–Crippen MR) is 99.2 cm³/mol. The second-order valence-corrected chi connectivity index (χ2v) is 6.51. The SMILES string of the molecule is COc1ccc2nc(C(=O)NCCCN3CCN(C)CC3)ccc2c1. The molecule has 0 aliphatic carbocycles. The Morgan fingerprint density at radius 1 is 1.20 bits per heavy atom. The van der Waals surface area contributed by atoms with E-state index in [-0.39, 0.29) is 5.91 Å². The Labute approximate surface area is 148 Å². The van der Waals surface area contributed by atoms with Crippen molar-refractivity contribution >= 4 is 16.8 Å². The van der Waals surface area contributed by atoms with Gasteiger partial charge in [0.05, 0.1) is 12.6 Å². The molecule has 0 atom stereocenters. The highest BCUT2D eigenvalue weighted by molar-refractivity contribution is 5.95. The summed E-state index contributed by atoms with van der Waals surface area (Å²) in [5.41, 5.74) is 1.25. The van der Waals surface area contributed by atoms with Gasteiger partial charge in [-0.1, -0.05) is 6.07 Å². The average Bonchev–Trinajstić information content (AvgIpc) is 2.65. The molecule has 0 spiro atoms. The van der Waals surface area contributed by atoms with Crippen LogP contribution in [0.25, 0.3) is 10.9 Å². The Hall–Kier alpha value is -2.18. The highest BCUT2D eigenvalue weighted by Gasteiger charge is 2.13. The van der Waals surface area contributed by atoms with E-state index in [1.807, 2.05) is 24.3 Å². The lowest BCUT2D eigenvalue weighted by Crippen LogP contribution is -2.45. The van der Waals surface area contributed by atoms with Crippen LogP contribution in [0.2, 0.25) is 0 Å². The van der Waals surface area contributed by atoms with Gasteiger partial charge in [0.1, 0.15) is 11.4 Å². The number of likely N-dealkylation sites (N-methyl/N-ethyl adjacent to an activating group) is 1. The van der Waals surface area contributed by atoms with E-state index in [0.29, 0.717) is 12.2 Å². The lowest BCUT2D eigenvalue weighted by atomic mass is 10.2. The first-order chi connectivity index (χ1) is 12.2. The van der Waals surface area contributed by atoms with E-state index in [0.717, 1.165) is 55.8 Å². The number of aromatic nitrogens is 1. The number of pyridine rings is 1. The van der Waals surface area contributed by atoms with E-state index in [4.69, 9.17) is 4.74 Å². The summed E-state index contributed by atoms with van der Waals surface area (Å²) in [6, 6.07) is 9.31. The number of amides is 1. The number of hydrogen-bond acceptors (Lipinski definition) is 5. The molecule has 0 unspecified atom stereocenters. The maximum Gasteiger partial charge on any atom is 0.269 e. The van der Waals surface area contributed by atoms with Crippen molar-refractivity contribution in [3.8, 4) is 5.75 Å². The van der Waals surface area contributed by atoms with Crippen molar-refractivity contribution in [1.29, 1.82) is 0 Å². The third-order valence-corrected chi connectivity index (χ3v) is 4.66. The van der Waals surface area contributed by atoms with Crippen LogP contribution in [-0.2, 0) is 0 Å². The van der Waals surface area contributed by atoms with Crippen LogP contribution in [0.1, 0.15) is 16.9 Å². The average molecular weight is 342 g/mol. The summed E-state index contributed by atoms with van der Waals surface area (Å²) in [7, 11) is 3.79. The quantitative estimate of drug-likeness (QED) is 0.809. The maximum absolute atomic E-state index is 12.3. The van der Waals surface area contributed by atoms with Crippen LogP contribution < -0.4 is 10.1 Å². The Bertz CT molecular complexity index is 726. The Balaban J connectivity index is 1.48. The topological polar surface area (TPSA) is 57.7 Å². The molecule has 1 aliphatic heterocycles. The molecule has 1 fully saturated rings. The first-order valence-corrected chi connectivity index (χ1v) is 8.79. The minimum atomic E-state index is -0.115. The normalized spacial score (nSPS) is 16.1. The predicted octanol–water partition coefficient (Wildman–Crippen LogP) is 1.61. The molecule has 1 aromatic carbocycles. The number of carbonyl (C=O) groups excluding carboxylic acids is 1. The number of fused-ring (bicyclic) bond motifs is 1. The number of carbonyl (C=O) groups is 1. The second kappa shape index (κ2) is 8.27. The fourth-order valence-corrected chi connectivity index (χ4v) is 3.02. The smallest absolute Gasteiger partial charge is 0.269 e. The fraction of sp³-hybridized carbons (Fsp3) is 0.474. The summed E-state index contributed by atoms with van der Waals surface area (Å²) in [6.07, 6.45) is 0.959. The van der Waals surface area contributed by atoms with Gasteiger partial charge in [0, 0.05) is 38.1 Å². The molecule has 134 valence electrons. The largest absolute Gasteiger partial charge is 0.497 e. The van der Waals surface area contributed by atoms with Gasteiger partial charge in [-0.3, -0.25) is 4.79 Å². The first-order valence-electron chi connectivity index (χ1n) is 8.79. The zero-order valence-corrected chi connectivity index (χ0v) is 15.0. The molecule has 1 aliphatic rings. The van der Waals surface area contributed by atoms with Crippen molar-refractivity contribution in [2.75, 3.05) is 53.4 Å². The number of methoxy groups -OCH3 is 1. The van der Waals surface area contributed by atoms with Crippen LogP contribution in [0, 0.1) is 0 Å².